The minimum Gasteiger partial charge on any atom is -0.464 e. The van der Waals surface area contributed by atoms with Crippen LogP contribution in [0, 0.1) is 0 Å². The number of hydrogen-bond acceptors (Lipinski definition) is 7. The van der Waals surface area contributed by atoms with Gasteiger partial charge in [0.15, 0.2) is 0 Å². The molecule has 49 heavy (non-hydrogen) atoms. The molecule has 1 fully saturated rings. The first-order valence-corrected chi connectivity index (χ1v) is 16.7. The van der Waals surface area contributed by atoms with E-state index in [4.69, 9.17) is 9.47 Å². The lowest BCUT2D eigenvalue weighted by atomic mass is 9.77. The lowest BCUT2D eigenvalue weighted by molar-refractivity contribution is -0.149. The summed E-state index contributed by atoms with van der Waals surface area (Å²) in [6, 6.07) is 26.4. The van der Waals surface area contributed by atoms with Crippen LogP contribution in [0.5, 0.6) is 0 Å². The molecule has 0 spiro atoms. The molecule has 4 rings (SSSR count). The Balaban J connectivity index is 1.52. The summed E-state index contributed by atoms with van der Waals surface area (Å²) < 4.78 is 10.8. The number of rotatable bonds is 13. The predicted molar refractivity (Wildman–Crippen MR) is 184 cm³/mol. The van der Waals surface area contributed by atoms with Crippen molar-refractivity contribution in [3.63, 3.8) is 0 Å². The maximum atomic E-state index is 14.0. The van der Waals surface area contributed by atoms with Crippen molar-refractivity contribution in [1.82, 2.24) is 20.9 Å². The molecular weight excluding hydrogens is 624 g/mol. The van der Waals surface area contributed by atoms with E-state index in [-0.39, 0.29) is 6.61 Å². The molecule has 0 saturated carbocycles. The number of likely N-dealkylation sites (tertiary alicyclic amines) is 1. The van der Waals surface area contributed by atoms with Crippen molar-refractivity contribution in [3.05, 3.63) is 108 Å². The van der Waals surface area contributed by atoms with Crippen LogP contribution in [0.3, 0.4) is 0 Å². The second-order valence-electron chi connectivity index (χ2n) is 12.9. The first kappa shape index (κ1) is 36.6. The standard InChI is InChI=1S/C38H46N4O7/c1-5-24-48-35(46)30(40-33(44)26-39-34(45)31-22-15-23-42(31)36(47)49-37(2,3)4)25-32(43)41-38(27-16-9-6-10-17-27,28-18-11-7-12-19-28)29-20-13-8-14-21-29/h6-14,16-21,30-31H,5,15,22-26H2,1-4H3,(H,39,45)(H,40,44)(H,41,43)/t30-,31-/m0/s1. The van der Waals surface area contributed by atoms with Crippen LogP contribution in [0.2, 0.25) is 0 Å². The largest absolute Gasteiger partial charge is 0.464 e. The Kier molecular flexibility index (Phi) is 12.5. The molecule has 1 aliphatic heterocycles. The SMILES string of the molecule is CCCOC(=O)[C@H](CC(=O)NC(c1ccccc1)(c1ccccc1)c1ccccc1)NC(=O)CNC(=O)[C@@H]1CCCN1C(=O)OC(C)(C)C. The van der Waals surface area contributed by atoms with Crippen molar-refractivity contribution in [2.75, 3.05) is 19.7 Å². The highest BCUT2D eigenvalue weighted by atomic mass is 16.6. The molecular formula is C38H46N4O7. The molecule has 260 valence electrons. The summed E-state index contributed by atoms with van der Waals surface area (Å²) in [6.45, 7) is 7.05. The summed E-state index contributed by atoms with van der Waals surface area (Å²) in [7, 11) is 0. The average Bonchev–Trinajstić information content (AvgIpc) is 3.59. The molecule has 3 N–H and O–H groups in total. The van der Waals surface area contributed by atoms with E-state index in [1.165, 1.54) is 4.90 Å². The minimum absolute atomic E-state index is 0.105. The van der Waals surface area contributed by atoms with Gasteiger partial charge in [-0.25, -0.2) is 9.59 Å². The molecule has 1 aliphatic rings. The molecule has 0 bridgehead atoms. The fourth-order valence-corrected chi connectivity index (χ4v) is 5.83. The van der Waals surface area contributed by atoms with Gasteiger partial charge in [-0.2, -0.15) is 0 Å². The smallest absolute Gasteiger partial charge is 0.410 e. The van der Waals surface area contributed by atoms with Gasteiger partial charge in [-0.15, -0.1) is 0 Å². The monoisotopic (exact) mass is 670 g/mol. The van der Waals surface area contributed by atoms with Crippen molar-refractivity contribution in [2.24, 2.45) is 0 Å². The molecule has 1 heterocycles. The molecule has 11 heteroatoms. The van der Waals surface area contributed by atoms with Crippen LogP contribution in [0.25, 0.3) is 0 Å². The van der Waals surface area contributed by atoms with Gasteiger partial charge in [0.2, 0.25) is 17.7 Å². The second kappa shape index (κ2) is 16.8. The summed E-state index contributed by atoms with van der Waals surface area (Å²) >= 11 is 0. The lowest BCUT2D eigenvalue weighted by Gasteiger charge is -2.37. The third-order valence-corrected chi connectivity index (χ3v) is 8.01. The highest BCUT2D eigenvalue weighted by Gasteiger charge is 2.40. The fourth-order valence-electron chi connectivity index (χ4n) is 5.83. The Morgan fingerprint density at radius 1 is 0.816 bits per heavy atom. The number of carbonyl (C=O) groups excluding carboxylic acids is 5. The number of amides is 4. The summed E-state index contributed by atoms with van der Waals surface area (Å²) in [4.78, 5) is 67.3. The van der Waals surface area contributed by atoms with Crippen LogP contribution in [0.1, 0.15) is 70.1 Å². The molecule has 11 nitrogen and oxygen atoms in total. The van der Waals surface area contributed by atoms with E-state index < -0.39 is 66.0 Å². The Morgan fingerprint density at radius 2 is 1.35 bits per heavy atom. The Bertz CT molecular complexity index is 1480. The van der Waals surface area contributed by atoms with Crippen molar-refractivity contribution in [1.29, 1.82) is 0 Å². The number of benzene rings is 3. The van der Waals surface area contributed by atoms with Crippen molar-refractivity contribution >= 4 is 29.8 Å². The molecule has 3 aromatic carbocycles. The van der Waals surface area contributed by atoms with E-state index in [1.807, 2.05) is 97.9 Å². The van der Waals surface area contributed by atoms with Gasteiger partial charge >= 0.3 is 12.1 Å². The van der Waals surface area contributed by atoms with Gasteiger partial charge in [-0.05, 0) is 56.7 Å². The highest BCUT2D eigenvalue weighted by molar-refractivity contribution is 5.93. The molecule has 4 amide bonds. The third-order valence-electron chi connectivity index (χ3n) is 8.01. The van der Waals surface area contributed by atoms with E-state index >= 15 is 0 Å². The van der Waals surface area contributed by atoms with E-state index in [1.54, 1.807) is 20.8 Å². The van der Waals surface area contributed by atoms with E-state index in [9.17, 15) is 24.0 Å². The van der Waals surface area contributed by atoms with E-state index in [0.717, 1.165) is 16.7 Å². The van der Waals surface area contributed by atoms with Crippen LogP contribution in [-0.2, 0) is 34.2 Å². The topological polar surface area (TPSA) is 143 Å². The van der Waals surface area contributed by atoms with Crippen LogP contribution < -0.4 is 16.0 Å². The summed E-state index contributed by atoms with van der Waals surface area (Å²) in [5, 5.41) is 8.34. The molecule has 0 aromatic heterocycles. The molecule has 3 aromatic rings. The van der Waals surface area contributed by atoms with Gasteiger partial charge in [-0.1, -0.05) is 97.9 Å². The van der Waals surface area contributed by atoms with E-state index in [2.05, 4.69) is 16.0 Å². The van der Waals surface area contributed by atoms with Gasteiger partial charge in [-0.3, -0.25) is 19.3 Å². The second-order valence-corrected chi connectivity index (χ2v) is 12.9. The third kappa shape index (κ3) is 9.68. The zero-order chi connectivity index (χ0) is 35.4. The molecule has 0 radical (unpaired) electrons. The first-order valence-electron chi connectivity index (χ1n) is 16.7. The lowest BCUT2D eigenvalue weighted by Crippen LogP contribution is -2.53. The van der Waals surface area contributed by atoms with Crippen LogP contribution in [0.15, 0.2) is 91.0 Å². The molecule has 2 atom stereocenters. The number of nitrogens with one attached hydrogen (secondary N) is 3. The van der Waals surface area contributed by atoms with Crippen LogP contribution >= 0.6 is 0 Å². The fraction of sp³-hybridized carbons (Fsp3) is 0.395. The molecule has 1 saturated heterocycles. The summed E-state index contributed by atoms with van der Waals surface area (Å²) in [5.41, 5.74) is 0.537. The Morgan fingerprint density at radius 3 is 1.84 bits per heavy atom. The zero-order valence-corrected chi connectivity index (χ0v) is 28.6. The molecule has 0 unspecified atom stereocenters. The van der Waals surface area contributed by atoms with Crippen molar-refractivity contribution in [2.45, 2.75) is 76.6 Å². The number of hydrogen-bond donors (Lipinski definition) is 3. The number of nitrogens with zero attached hydrogens (tertiary/aromatic N) is 1. The summed E-state index contributed by atoms with van der Waals surface area (Å²) in [6.07, 6.45) is 0.553. The maximum Gasteiger partial charge on any atom is 0.410 e. The number of ether oxygens (including phenoxy) is 2. The molecule has 0 aliphatic carbocycles. The Labute approximate surface area is 287 Å². The normalized spacial score (nSPS) is 15.1. The quantitative estimate of drug-likeness (QED) is 0.180. The minimum atomic E-state index is -1.33. The van der Waals surface area contributed by atoms with Gasteiger partial charge in [0.1, 0.15) is 23.2 Å². The van der Waals surface area contributed by atoms with E-state index in [0.29, 0.717) is 25.8 Å². The summed E-state index contributed by atoms with van der Waals surface area (Å²) in [5.74, 6) is -2.49. The van der Waals surface area contributed by atoms with Gasteiger partial charge < -0.3 is 25.4 Å². The van der Waals surface area contributed by atoms with Gasteiger partial charge in [0, 0.05) is 6.54 Å². The van der Waals surface area contributed by atoms with Crippen molar-refractivity contribution in [3.8, 4) is 0 Å². The zero-order valence-electron chi connectivity index (χ0n) is 28.6. The van der Waals surface area contributed by atoms with Gasteiger partial charge in [0.05, 0.1) is 19.6 Å². The van der Waals surface area contributed by atoms with Crippen molar-refractivity contribution < 1.29 is 33.4 Å². The first-order chi connectivity index (χ1) is 23.4. The van der Waals surface area contributed by atoms with Crippen LogP contribution in [-0.4, -0.2) is 72.1 Å². The van der Waals surface area contributed by atoms with Crippen LogP contribution in [0.4, 0.5) is 4.79 Å². The average molecular weight is 671 g/mol. The number of carbonyl (C=O) groups is 5. The number of esters is 1. The van der Waals surface area contributed by atoms with Gasteiger partial charge in [0.25, 0.3) is 0 Å². The highest BCUT2D eigenvalue weighted by Crippen LogP contribution is 2.37. The predicted octanol–water partition coefficient (Wildman–Crippen LogP) is 4.44. The maximum absolute atomic E-state index is 14.0. The Hall–Kier alpha value is -5.19.